The summed E-state index contributed by atoms with van der Waals surface area (Å²) in [6, 6.07) is 7.38. The molecule has 2 bridgehead atoms. The number of methoxy groups -OCH3 is 2. The normalized spacial score (nSPS) is 23.2. The van der Waals surface area contributed by atoms with Crippen LogP contribution in [0.4, 0.5) is 0 Å². The van der Waals surface area contributed by atoms with Gasteiger partial charge in [-0.2, -0.15) is 0 Å². The van der Waals surface area contributed by atoms with Crippen molar-refractivity contribution in [3.05, 3.63) is 52.6 Å². The number of rotatable bonds is 6. The van der Waals surface area contributed by atoms with Crippen molar-refractivity contribution >= 4 is 12.4 Å². The molecule has 1 saturated carbocycles. The summed E-state index contributed by atoms with van der Waals surface area (Å²) in [7, 11) is 3.49. The first-order chi connectivity index (χ1) is 13.3. The smallest absolute Gasteiger partial charge is 0.131 e. The second kappa shape index (κ2) is 7.97. The number of fused-ring (bicyclic) bond motifs is 4. The van der Waals surface area contributed by atoms with Gasteiger partial charge in [-0.3, -0.25) is 4.90 Å². The Balaban J connectivity index is 0.00000192. The van der Waals surface area contributed by atoms with Gasteiger partial charge in [-0.15, -0.1) is 12.4 Å². The van der Waals surface area contributed by atoms with Crippen molar-refractivity contribution in [1.29, 1.82) is 0 Å². The fraction of sp³-hybridized carbons (Fsp3) is 0.545. The molecule has 0 radical (unpaired) electrons. The van der Waals surface area contributed by atoms with Crippen molar-refractivity contribution in [3.8, 4) is 5.75 Å². The van der Waals surface area contributed by atoms with E-state index >= 15 is 0 Å². The second-order valence-corrected chi connectivity index (χ2v) is 8.11. The molecular weight excluding hydrogens is 374 g/mol. The van der Waals surface area contributed by atoms with E-state index in [2.05, 4.69) is 29.3 Å². The maximum atomic E-state index is 5.64. The molecule has 5 nitrogen and oxygen atoms in total. The van der Waals surface area contributed by atoms with Crippen LogP contribution in [0.25, 0.3) is 0 Å². The summed E-state index contributed by atoms with van der Waals surface area (Å²) in [5, 5.41) is 0. The molecule has 0 spiro atoms. The van der Waals surface area contributed by atoms with E-state index in [0.29, 0.717) is 24.6 Å². The number of aromatic nitrogens is 2. The van der Waals surface area contributed by atoms with Gasteiger partial charge in [0.05, 0.1) is 19.4 Å². The molecule has 1 aromatic carbocycles. The van der Waals surface area contributed by atoms with Crippen molar-refractivity contribution in [3.63, 3.8) is 0 Å². The summed E-state index contributed by atoms with van der Waals surface area (Å²) in [5.74, 6) is 2.66. The summed E-state index contributed by atoms with van der Waals surface area (Å²) < 4.78 is 10.9. The second-order valence-electron chi connectivity index (χ2n) is 8.11. The Bertz CT molecular complexity index is 856. The van der Waals surface area contributed by atoms with Crippen molar-refractivity contribution in [2.24, 2.45) is 0 Å². The number of hydrogen-bond acceptors (Lipinski definition) is 5. The van der Waals surface area contributed by atoms with Crippen LogP contribution in [0.3, 0.4) is 0 Å². The third-order valence-corrected chi connectivity index (χ3v) is 6.30. The standard InChI is InChI=1S/C22H27N3O2.ClH/c1-26-13-14-3-8-21(27-2)16(9-14)12-25-17-6-7-20(25)18-11-23-22(15-4-5-15)24-19(18)10-17;/h3,8-9,11,15,17,20H,4-7,10,12-13H2,1-2H3;1H. The molecule has 2 aliphatic heterocycles. The molecule has 1 saturated heterocycles. The third-order valence-electron chi connectivity index (χ3n) is 6.30. The molecule has 2 fully saturated rings. The molecule has 1 aliphatic carbocycles. The molecule has 3 aliphatic rings. The lowest BCUT2D eigenvalue weighted by atomic mass is 9.97. The first-order valence-corrected chi connectivity index (χ1v) is 10.0. The molecular formula is C22H28ClN3O2. The lowest BCUT2D eigenvalue weighted by molar-refractivity contribution is 0.163. The number of ether oxygens (including phenoxy) is 2. The van der Waals surface area contributed by atoms with Crippen molar-refractivity contribution in [2.75, 3.05) is 14.2 Å². The molecule has 28 heavy (non-hydrogen) atoms. The van der Waals surface area contributed by atoms with Gasteiger partial charge < -0.3 is 9.47 Å². The first kappa shape index (κ1) is 19.6. The van der Waals surface area contributed by atoms with Crippen LogP contribution in [-0.2, 0) is 24.3 Å². The van der Waals surface area contributed by atoms with Crippen LogP contribution >= 0.6 is 12.4 Å². The Labute approximate surface area is 172 Å². The Morgan fingerprint density at radius 3 is 2.75 bits per heavy atom. The van der Waals surface area contributed by atoms with Gasteiger partial charge in [0.1, 0.15) is 11.6 Å². The molecule has 150 valence electrons. The van der Waals surface area contributed by atoms with Gasteiger partial charge in [0, 0.05) is 55.4 Å². The Morgan fingerprint density at radius 2 is 2.00 bits per heavy atom. The SMILES string of the molecule is COCc1ccc(OC)c(CN2C3CCC2c2cnc(C4CC4)nc2C3)c1.Cl. The van der Waals surface area contributed by atoms with E-state index in [-0.39, 0.29) is 12.4 Å². The average Bonchev–Trinajstić information content (AvgIpc) is 3.49. The van der Waals surface area contributed by atoms with E-state index < -0.39 is 0 Å². The Hall–Kier alpha value is -1.69. The number of hydrogen-bond donors (Lipinski definition) is 0. The van der Waals surface area contributed by atoms with Crippen LogP contribution in [0.1, 0.15) is 65.9 Å². The maximum Gasteiger partial charge on any atom is 0.131 e. The maximum absolute atomic E-state index is 5.64. The Morgan fingerprint density at radius 1 is 1.14 bits per heavy atom. The highest BCUT2D eigenvalue weighted by Crippen LogP contribution is 2.45. The Kier molecular flexibility index (Phi) is 5.59. The topological polar surface area (TPSA) is 47.5 Å². The summed E-state index contributed by atoms with van der Waals surface area (Å²) in [6.07, 6.45) is 8.12. The molecule has 2 atom stereocenters. The number of halogens is 1. The van der Waals surface area contributed by atoms with Crippen LogP contribution in [0.15, 0.2) is 24.4 Å². The first-order valence-electron chi connectivity index (χ1n) is 10.0. The number of benzene rings is 1. The zero-order valence-electron chi connectivity index (χ0n) is 16.6. The summed E-state index contributed by atoms with van der Waals surface area (Å²) >= 11 is 0. The average molecular weight is 402 g/mol. The quantitative estimate of drug-likeness (QED) is 0.726. The third kappa shape index (κ3) is 3.51. The van der Waals surface area contributed by atoms with Gasteiger partial charge in [-0.25, -0.2) is 9.97 Å². The highest BCUT2D eigenvalue weighted by atomic mass is 35.5. The van der Waals surface area contributed by atoms with Crippen LogP contribution in [0, 0.1) is 0 Å². The predicted molar refractivity (Wildman–Crippen MR) is 110 cm³/mol. The highest BCUT2D eigenvalue weighted by molar-refractivity contribution is 5.85. The zero-order chi connectivity index (χ0) is 18.4. The molecule has 5 rings (SSSR count). The van der Waals surface area contributed by atoms with Crippen LogP contribution < -0.4 is 4.74 Å². The van der Waals surface area contributed by atoms with Crippen molar-refractivity contribution < 1.29 is 9.47 Å². The van der Waals surface area contributed by atoms with Gasteiger partial charge in [0.15, 0.2) is 0 Å². The summed E-state index contributed by atoms with van der Waals surface area (Å²) in [5.41, 5.74) is 5.08. The molecule has 2 unspecified atom stereocenters. The van der Waals surface area contributed by atoms with Gasteiger partial charge in [-0.05, 0) is 43.4 Å². The van der Waals surface area contributed by atoms with E-state index in [1.165, 1.54) is 48.1 Å². The van der Waals surface area contributed by atoms with Crippen molar-refractivity contribution in [1.82, 2.24) is 14.9 Å². The van der Waals surface area contributed by atoms with Crippen LogP contribution in [-0.4, -0.2) is 35.1 Å². The number of nitrogens with zero attached hydrogens (tertiary/aromatic N) is 3. The molecule has 2 aromatic rings. The minimum absolute atomic E-state index is 0. The van der Waals surface area contributed by atoms with Gasteiger partial charge >= 0.3 is 0 Å². The van der Waals surface area contributed by atoms with E-state index in [0.717, 1.165) is 24.5 Å². The summed E-state index contributed by atoms with van der Waals surface area (Å²) in [4.78, 5) is 12.3. The predicted octanol–water partition coefficient (Wildman–Crippen LogP) is 4.19. The van der Waals surface area contributed by atoms with E-state index in [9.17, 15) is 0 Å². The van der Waals surface area contributed by atoms with Crippen molar-refractivity contribution in [2.45, 2.75) is 63.3 Å². The van der Waals surface area contributed by atoms with Gasteiger partial charge in [0.2, 0.25) is 0 Å². The zero-order valence-corrected chi connectivity index (χ0v) is 17.4. The van der Waals surface area contributed by atoms with Gasteiger partial charge in [-0.1, -0.05) is 6.07 Å². The molecule has 6 heteroatoms. The van der Waals surface area contributed by atoms with E-state index in [1.807, 2.05) is 0 Å². The monoisotopic (exact) mass is 401 g/mol. The van der Waals surface area contributed by atoms with Gasteiger partial charge in [0.25, 0.3) is 0 Å². The molecule has 0 N–H and O–H groups in total. The fourth-order valence-corrected chi connectivity index (χ4v) is 4.78. The minimum Gasteiger partial charge on any atom is -0.496 e. The highest BCUT2D eigenvalue weighted by Gasteiger charge is 2.41. The lowest BCUT2D eigenvalue weighted by Crippen LogP contribution is -2.37. The molecule has 1 aromatic heterocycles. The van der Waals surface area contributed by atoms with E-state index in [1.54, 1.807) is 14.2 Å². The van der Waals surface area contributed by atoms with E-state index in [4.69, 9.17) is 19.4 Å². The largest absolute Gasteiger partial charge is 0.496 e. The summed E-state index contributed by atoms with van der Waals surface area (Å²) in [6.45, 7) is 1.53. The molecule has 3 heterocycles. The fourth-order valence-electron chi connectivity index (χ4n) is 4.78. The minimum atomic E-state index is 0. The molecule has 0 amide bonds. The van der Waals surface area contributed by atoms with Crippen LogP contribution in [0.2, 0.25) is 0 Å². The van der Waals surface area contributed by atoms with Crippen LogP contribution in [0.5, 0.6) is 5.75 Å². The lowest BCUT2D eigenvalue weighted by Gasteiger charge is -2.36.